The number of anilines is 1. The van der Waals surface area contributed by atoms with Gasteiger partial charge in [0, 0.05) is 25.0 Å². The van der Waals surface area contributed by atoms with E-state index in [2.05, 4.69) is 60.5 Å². The molecule has 0 atom stereocenters. The molecule has 0 saturated carbocycles. The molecule has 150 valence electrons. The second-order valence-corrected chi connectivity index (χ2v) is 7.46. The van der Waals surface area contributed by atoms with Crippen molar-refractivity contribution in [3.63, 3.8) is 0 Å². The Balaban J connectivity index is 1.30. The van der Waals surface area contributed by atoms with Crippen molar-refractivity contribution in [2.75, 3.05) is 58.0 Å². The van der Waals surface area contributed by atoms with E-state index >= 15 is 0 Å². The Morgan fingerprint density at radius 1 is 1.11 bits per heavy atom. The van der Waals surface area contributed by atoms with Crippen LogP contribution < -0.4 is 10.6 Å². The Bertz CT molecular complexity index is 848. The molecule has 1 saturated heterocycles. The Hall–Kier alpha value is -2.29. The van der Waals surface area contributed by atoms with E-state index in [9.17, 15) is 0 Å². The lowest BCUT2D eigenvalue weighted by Crippen LogP contribution is -2.47. The number of aryl methyl sites for hydroxylation is 2. The summed E-state index contributed by atoms with van der Waals surface area (Å²) in [6.07, 6.45) is 1.15. The topological polar surface area (TPSA) is 77.9 Å². The van der Waals surface area contributed by atoms with Crippen molar-refractivity contribution in [1.82, 2.24) is 25.1 Å². The van der Waals surface area contributed by atoms with Gasteiger partial charge < -0.3 is 10.1 Å². The maximum Gasteiger partial charge on any atom is 0.230 e. The summed E-state index contributed by atoms with van der Waals surface area (Å²) < 4.78 is 5.40. The molecule has 8 heteroatoms. The van der Waals surface area contributed by atoms with Crippen molar-refractivity contribution in [3.05, 3.63) is 29.5 Å². The van der Waals surface area contributed by atoms with Crippen molar-refractivity contribution >= 4 is 22.8 Å². The molecule has 1 fully saturated rings. The molecule has 28 heavy (non-hydrogen) atoms. The second-order valence-electron chi connectivity index (χ2n) is 7.46. The minimum absolute atomic E-state index is 0.586. The van der Waals surface area contributed by atoms with Gasteiger partial charge in [0.25, 0.3) is 0 Å². The van der Waals surface area contributed by atoms with Crippen molar-refractivity contribution < 1.29 is 4.74 Å². The molecule has 2 N–H and O–H groups in total. The number of morpholine rings is 1. The van der Waals surface area contributed by atoms with Crippen LogP contribution in [0.1, 0.15) is 17.7 Å². The first-order valence-electron chi connectivity index (χ1n) is 10.0. The highest BCUT2D eigenvalue weighted by Crippen LogP contribution is 2.18. The molecule has 0 unspecified atom stereocenters. The van der Waals surface area contributed by atoms with Crippen LogP contribution in [0.4, 0.5) is 5.95 Å². The van der Waals surface area contributed by atoms with Gasteiger partial charge in [-0.05, 0) is 38.4 Å². The SMILES string of the molecule is Cc1ccc2c(C)nc(NC3=NCN(CCCN4CCOCC4)CN3)nc2c1. The quantitative estimate of drug-likeness (QED) is 0.811. The summed E-state index contributed by atoms with van der Waals surface area (Å²) in [5.74, 6) is 1.32. The summed E-state index contributed by atoms with van der Waals surface area (Å²) >= 11 is 0. The van der Waals surface area contributed by atoms with Gasteiger partial charge in [-0.3, -0.25) is 15.1 Å². The van der Waals surface area contributed by atoms with Gasteiger partial charge in [0.1, 0.15) is 0 Å². The molecule has 0 amide bonds. The maximum atomic E-state index is 5.40. The standard InChI is InChI=1S/C20H29N7O/c1-15-4-5-17-16(2)23-20(24-18(17)12-15)25-19-21-13-27(14-22-19)7-3-6-26-8-10-28-11-9-26/h4-5,12H,3,6-11,13-14H2,1-2H3,(H2,21,22,23,24,25). The largest absolute Gasteiger partial charge is 0.379 e. The van der Waals surface area contributed by atoms with E-state index in [0.717, 1.165) is 75.0 Å². The zero-order valence-electron chi connectivity index (χ0n) is 16.7. The van der Waals surface area contributed by atoms with Gasteiger partial charge in [-0.2, -0.15) is 0 Å². The van der Waals surface area contributed by atoms with Crippen LogP contribution >= 0.6 is 0 Å². The van der Waals surface area contributed by atoms with Gasteiger partial charge in [-0.15, -0.1) is 0 Å². The summed E-state index contributed by atoms with van der Waals surface area (Å²) in [7, 11) is 0. The molecular formula is C20H29N7O. The van der Waals surface area contributed by atoms with E-state index in [4.69, 9.17) is 4.74 Å². The van der Waals surface area contributed by atoms with E-state index in [1.54, 1.807) is 0 Å². The maximum absolute atomic E-state index is 5.40. The number of aromatic nitrogens is 2. The smallest absolute Gasteiger partial charge is 0.230 e. The third-order valence-corrected chi connectivity index (χ3v) is 5.22. The molecule has 1 aromatic carbocycles. The molecule has 3 heterocycles. The van der Waals surface area contributed by atoms with Gasteiger partial charge in [0.2, 0.25) is 11.9 Å². The lowest BCUT2D eigenvalue weighted by atomic mass is 10.1. The summed E-state index contributed by atoms with van der Waals surface area (Å²) in [6, 6.07) is 6.25. The van der Waals surface area contributed by atoms with Gasteiger partial charge in [0.15, 0.2) is 0 Å². The minimum Gasteiger partial charge on any atom is -0.379 e. The fraction of sp³-hybridized carbons (Fsp3) is 0.550. The minimum atomic E-state index is 0.586. The Labute approximate surface area is 166 Å². The van der Waals surface area contributed by atoms with Crippen molar-refractivity contribution in [1.29, 1.82) is 0 Å². The van der Waals surface area contributed by atoms with Crippen LogP contribution in [0.25, 0.3) is 10.9 Å². The van der Waals surface area contributed by atoms with Crippen LogP contribution in [-0.4, -0.2) is 78.5 Å². The van der Waals surface area contributed by atoms with Gasteiger partial charge in [0.05, 0.1) is 37.8 Å². The number of benzene rings is 1. The number of nitrogens with one attached hydrogen (secondary N) is 2. The Kier molecular flexibility index (Phi) is 5.99. The van der Waals surface area contributed by atoms with Crippen LogP contribution in [0.3, 0.4) is 0 Å². The number of guanidine groups is 1. The van der Waals surface area contributed by atoms with Crippen molar-refractivity contribution in [2.45, 2.75) is 20.3 Å². The fourth-order valence-electron chi connectivity index (χ4n) is 3.60. The number of ether oxygens (including phenoxy) is 1. The first kappa shape index (κ1) is 19.0. The van der Waals surface area contributed by atoms with E-state index in [0.29, 0.717) is 12.6 Å². The molecule has 0 spiro atoms. The molecule has 2 aliphatic heterocycles. The molecule has 2 aliphatic rings. The number of aliphatic imine (C=N–C) groups is 1. The number of rotatable bonds is 5. The number of fused-ring (bicyclic) bond motifs is 1. The summed E-state index contributed by atoms with van der Waals surface area (Å²) in [5.41, 5.74) is 3.11. The van der Waals surface area contributed by atoms with Crippen LogP contribution in [0.15, 0.2) is 23.2 Å². The Morgan fingerprint density at radius 3 is 2.71 bits per heavy atom. The van der Waals surface area contributed by atoms with Gasteiger partial charge >= 0.3 is 0 Å². The molecule has 0 radical (unpaired) electrons. The molecular weight excluding hydrogens is 354 g/mol. The third-order valence-electron chi connectivity index (χ3n) is 5.22. The number of hydrogen-bond acceptors (Lipinski definition) is 8. The number of hydrogen-bond donors (Lipinski definition) is 2. The number of nitrogens with zero attached hydrogens (tertiary/aromatic N) is 5. The molecule has 0 aliphatic carbocycles. The molecule has 4 rings (SSSR count). The highest BCUT2D eigenvalue weighted by Gasteiger charge is 2.15. The van der Waals surface area contributed by atoms with Gasteiger partial charge in [-0.25, -0.2) is 15.0 Å². The molecule has 8 nitrogen and oxygen atoms in total. The highest BCUT2D eigenvalue weighted by molar-refractivity contribution is 5.93. The van der Waals surface area contributed by atoms with E-state index in [1.807, 2.05) is 6.92 Å². The lowest BCUT2D eigenvalue weighted by molar-refractivity contribution is 0.0360. The normalized spacial score (nSPS) is 18.7. The first-order valence-corrected chi connectivity index (χ1v) is 10.0. The van der Waals surface area contributed by atoms with Crippen LogP contribution in [0, 0.1) is 13.8 Å². The predicted molar refractivity (Wildman–Crippen MR) is 112 cm³/mol. The summed E-state index contributed by atoms with van der Waals surface area (Å²) in [6.45, 7) is 11.5. The lowest BCUT2D eigenvalue weighted by Gasteiger charge is -2.29. The van der Waals surface area contributed by atoms with Crippen LogP contribution in [-0.2, 0) is 4.74 Å². The average molecular weight is 384 g/mol. The zero-order chi connectivity index (χ0) is 19.3. The van der Waals surface area contributed by atoms with E-state index < -0.39 is 0 Å². The molecule has 1 aromatic heterocycles. The predicted octanol–water partition coefficient (Wildman–Crippen LogP) is 1.56. The monoisotopic (exact) mass is 383 g/mol. The van der Waals surface area contributed by atoms with E-state index in [-0.39, 0.29) is 0 Å². The second kappa shape index (κ2) is 8.81. The average Bonchev–Trinajstić information content (AvgIpc) is 2.70. The van der Waals surface area contributed by atoms with Crippen LogP contribution in [0.5, 0.6) is 0 Å². The molecule has 0 bridgehead atoms. The zero-order valence-corrected chi connectivity index (χ0v) is 16.7. The Morgan fingerprint density at radius 2 is 1.93 bits per heavy atom. The van der Waals surface area contributed by atoms with Crippen molar-refractivity contribution in [2.24, 2.45) is 4.99 Å². The van der Waals surface area contributed by atoms with Gasteiger partial charge in [-0.1, -0.05) is 12.1 Å². The van der Waals surface area contributed by atoms with Crippen LogP contribution in [0.2, 0.25) is 0 Å². The molecule has 2 aromatic rings. The third kappa shape index (κ3) is 4.76. The highest BCUT2D eigenvalue weighted by atomic mass is 16.5. The fourth-order valence-corrected chi connectivity index (χ4v) is 3.60. The first-order chi connectivity index (χ1) is 13.7. The summed E-state index contributed by atoms with van der Waals surface area (Å²) in [5, 5.41) is 7.65. The van der Waals surface area contributed by atoms with Crippen molar-refractivity contribution in [3.8, 4) is 0 Å². The summed E-state index contributed by atoms with van der Waals surface area (Å²) in [4.78, 5) is 18.6. The van der Waals surface area contributed by atoms with E-state index in [1.165, 1.54) is 5.56 Å².